The van der Waals surface area contributed by atoms with Crippen LogP contribution in [-0.2, 0) is 0 Å². The van der Waals surface area contributed by atoms with Crippen LogP contribution in [0.4, 0.5) is 27.1 Å². The molecule has 0 amide bonds. The largest absolute Gasteiger partial charge is 0.353 e. The molecule has 0 radical (unpaired) electrons. The summed E-state index contributed by atoms with van der Waals surface area (Å²) in [6.45, 7) is 5.98. The molecule has 0 aromatic heterocycles. The summed E-state index contributed by atoms with van der Waals surface area (Å²) in [5.41, 5.74) is 7.24. The normalized spacial score (nSPS) is 14.0. The lowest BCUT2D eigenvalue weighted by atomic mass is 10.1. The number of anilines is 4. The van der Waals surface area contributed by atoms with Crippen molar-refractivity contribution in [2.45, 2.75) is 20.0 Å². The van der Waals surface area contributed by atoms with Crippen molar-refractivity contribution in [1.82, 2.24) is 0 Å². The second-order valence-corrected chi connectivity index (χ2v) is 9.68. The maximum Gasteiger partial charge on any atom is 0.146 e. The van der Waals surface area contributed by atoms with Crippen LogP contribution in [0.25, 0.3) is 0 Å². The third kappa shape index (κ3) is 4.53. The van der Waals surface area contributed by atoms with Crippen molar-refractivity contribution in [2.24, 2.45) is 0 Å². The van der Waals surface area contributed by atoms with E-state index in [1.165, 1.54) is 28.6 Å². The monoisotopic (exact) mass is 515 g/mol. The predicted octanol–water partition coefficient (Wildman–Crippen LogP) is 7.97. The fourth-order valence-corrected chi connectivity index (χ4v) is 4.92. The van der Waals surface area contributed by atoms with Crippen LogP contribution in [0.2, 0.25) is 0 Å². The lowest BCUT2D eigenvalue weighted by molar-refractivity contribution is 0.631. The average Bonchev–Trinajstić information content (AvgIpc) is 3.27. The van der Waals surface area contributed by atoms with Crippen molar-refractivity contribution in [3.05, 3.63) is 118 Å². The first-order chi connectivity index (χ1) is 16.5. The molecule has 172 valence electrons. The third-order valence-electron chi connectivity index (χ3n) is 6.34. The Kier molecular flexibility index (Phi) is 6.29. The number of aryl methyl sites for hydroxylation is 2. The molecule has 5 heteroatoms. The van der Waals surface area contributed by atoms with E-state index in [0.29, 0.717) is 5.69 Å². The molecule has 1 N–H and O–H groups in total. The fraction of sp³-hybridized carbons (Fsp3) is 0.172. The van der Waals surface area contributed by atoms with Gasteiger partial charge in [0.1, 0.15) is 12.0 Å². The summed E-state index contributed by atoms with van der Waals surface area (Å²) in [4.78, 5) is 4.85. The summed E-state index contributed by atoms with van der Waals surface area (Å²) in [6, 6.07) is 30.3. The molecule has 1 heterocycles. The molecule has 5 rings (SSSR count). The number of para-hydroxylation sites is 1. The highest BCUT2D eigenvalue weighted by atomic mass is 79.9. The second kappa shape index (κ2) is 9.51. The molecular formula is C29H27BrFN3. The molecule has 34 heavy (non-hydrogen) atoms. The first kappa shape index (κ1) is 22.5. The summed E-state index contributed by atoms with van der Waals surface area (Å²) < 4.78 is 15.5. The number of hydrogen-bond acceptors (Lipinski definition) is 3. The van der Waals surface area contributed by atoms with Gasteiger partial charge in [-0.3, -0.25) is 0 Å². The molecule has 0 aliphatic carbocycles. The van der Waals surface area contributed by atoms with E-state index in [0.717, 1.165) is 28.8 Å². The van der Waals surface area contributed by atoms with E-state index in [1.54, 1.807) is 12.1 Å². The molecule has 1 saturated heterocycles. The van der Waals surface area contributed by atoms with Crippen LogP contribution in [0.5, 0.6) is 0 Å². The quantitative estimate of drug-likeness (QED) is 0.290. The van der Waals surface area contributed by atoms with Gasteiger partial charge in [0.25, 0.3) is 0 Å². The highest BCUT2D eigenvalue weighted by Gasteiger charge is 2.35. The van der Waals surface area contributed by atoms with Crippen LogP contribution in [0.1, 0.15) is 22.9 Å². The molecular weight excluding hydrogens is 489 g/mol. The highest BCUT2D eigenvalue weighted by molar-refractivity contribution is 9.10. The van der Waals surface area contributed by atoms with Crippen LogP contribution in [0.15, 0.2) is 95.5 Å². The van der Waals surface area contributed by atoms with E-state index in [-0.39, 0.29) is 12.0 Å². The molecule has 1 aliphatic heterocycles. The van der Waals surface area contributed by atoms with Gasteiger partial charge in [0.15, 0.2) is 0 Å². The summed E-state index contributed by atoms with van der Waals surface area (Å²) in [6.07, 6.45) is -0.0582. The van der Waals surface area contributed by atoms with E-state index in [4.69, 9.17) is 0 Å². The van der Waals surface area contributed by atoms with Crippen molar-refractivity contribution in [2.75, 3.05) is 28.2 Å². The van der Waals surface area contributed by atoms with Crippen molar-refractivity contribution < 1.29 is 4.39 Å². The Morgan fingerprint density at radius 1 is 0.735 bits per heavy atom. The Morgan fingerprint density at radius 2 is 1.29 bits per heavy atom. The Labute approximate surface area is 209 Å². The minimum atomic E-state index is -0.270. The molecule has 0 spiro atoms. The Hall–Kier alpha value is -3.31. The molecule has 4 aromatic rings. The zero-order chi connectivity index (χ0) is 23.7. The minimum Gasteiger partial charge on any atom is -0.353 e. The smallest absolute Gasteiger partial charge is 0.146 e. The van der Waals surface area contributed by atoms with Gasteiger partial charge in [-0.15, -0.1) is 0 Å². The zero-order valence-electron chi connectivity index (χ0n) is 19.3. The lowest BCUT2D eigenvalue weighted by Gasteiger charge is -2.35. The van der Waals surface area contributed by atoms with Crippen LogP contribution in [-0.4, -0.2) is 13.1 Å². The van der Waals surface area contributed by atoms with E-state index in [9.17, 15) is 4.39 Å². The molecule has 0 unspecified atom stereocenters. The Bertz CT molecular complexity index is 1230. The van der Waals surface area contributed by atoms with Crippen molar-refractivity contribution >= 4 is 38.7 Å². The average molecular weight is 516 g/mol. The molecule has 0 bridgehead atoms. The summed E-state index contributed by atoms with van der Waals surface area (Å²) >= 11 is 3.68. The topological polar surface area (TPSA) is 18.5 Å². The number of nitrogens with zero attached hydrogens (tertiary/aromatic N) is 2. The highest BCUT2D eigenvalue weighted by Crippen LogP contribution is 2.42. The van der Waals surface area contributed by atoms with Crippen LogP contribution < -0.4 is 15.1 Å². The van der Waals surface area contributed by atoms with Gasteiger partial charge in [-0.2, -0.15) is 0 Å². The first-order valence-electron chi connectivity index (χ1n) is 11.5. The maximum atomic E-state index is 14.5. The summed E-state index contributed by atoms with van der Waals surface area (Å²) in [5.74, 6) is -0.270. The van der Waals surface area contributed by atoms with Crippen molar-refractivity contribution in [3.8, 4) is 0 Å². The Balaban J connectivity index is 1.63. The summed E-state index contributed by atoms with van der Waals surface area (Å²) in [5, 5.41) is 3.36. The van der Waals surface area contributed by atoms with Gasteiger partial charge < -0.3 is 15.1 Å². The number of hydrogen-bond donors (Lipinski definition) is 1. The molecule has 4 aromatic carbocycles. The zero-order valence-corrected chi connectivity index (χ0v) is 20.9. The number of benzene rings is 4. The molecule has 1 aliphatic rings. The van der Waals surface area contributed by atoms with Gasteiger partial charge in [-0.1, -0.05) is 63.5 Å². The lowest BCUT2D eigenvalue weighted by Crippen LogP contribution is -2.31. The SMILES string of the molecule is Cc1ccc(N2CCN(c3ccc(C)cc3)C2c2cc(Br)ccc2Nc2ccccc2F)cc1. The predicted molar refractivity (Wildman–Crippen MR) is 144 cm³/mol. The number of halogens is 2. The van der Waals surface area contributed by atoms with Crippen molar-refractivity contribution in [3.63, 3.8) is 0 Å². The van der Waals surface area contributed by atoms with Gasteiger partial charge in [-0.25, -0.2) is 4.39 Å². The first-order valence-corrected chi connectivity index (χ1v) is 12.3. The van der Waals surface area contributed by atoms with E-state index >= 15 is 0 Å². The minimum absolute atomic E-state index is 0.0582. The molecule has 0 atom stereocenters. The number of nitrogens with one attached hydrogen (secondary N) is 1. The van der Waals surface area contributed by atoms with Crippen LogP contribution in [0.3, 0.4) is 0 Å². The van der Waals surface area contributed by atoms with Crippen molar-refractivity contribution in [1.29, 1.82) is 0 Å². The van der Waals surface area contributed by atoms with Gasteiger partial charge >= 0.3 is 0 Å². The number of rotatable bonds is 5. The Morgan fingerprint density at radius 3 is 1.85 bits per heavy atom. The van der Waals surface area contributed by atoms with Crippen LogP contribution >= 0.6 is 15.9 Å². The van der Waals surface area contributed by atoms with Gasteiger partial charge in [0.2, 0.25) is 0 Å². The second-order valence-electron chi connectivity index (χ2n) is 8.77. The van der Waals surface area contributed by atoms with Gasteiger partial charge in [0, 0.05) is 40.2 Å². The fourth-order valence-electron chi connectivity index (χ4n) is 4.55. The molecule has 3 nitrogen and oxygen atoms in total. The van der Waals surface area contributed by atoms with Gasteiger partial charge in [0.05, 0.1) is 5.69 Å². The standard InChI is InChI=1S/C29H27BrFN3/c1-20-7-12-23(13-8-20)33-17-18-34(24-14-9-21(2)10-15-24)29(33)25-19-22(30)11-16-27(25)32-28-6-4-3-5-26(28)31/h3-16,19,29,32H,17-18H2,1-2H3. The van der Waals surface area contributed by atoms with E-state index in [1.807, 2.05) is 18.2 Å². The van der Waals surface area contributed by atoms with Gasteiger partial charge in [-0.05, 0) is 68.4 Å². The molecule has 0 saturated carbocycles. The maximum absolute atomic E-state index is 14.5. The van der Waals surface area contributed by atoms with E-state index < -0.39 is 0 Å². The van der Waals surface area contributed by atoms with Crippen LogP contribution in [0, 0.1) is 19.7 Å². The summed E-state index contributed by atoms with van der Waals surface area (Å²) in [7, 11) is 0. The van der Waals surface area contributed by atoms with E-state index in [2.05, 4.69) is 99.5 Å². The third-order valence-corrected chi connectivity index (χ3v) is 6.83. The molecule has 1 fully saturated rings.